The summed E-state index contributed by atoms with van der Waals surface area (Å²) in [5.74, 6) is 2.56. The molecule has 1 aromatic heterocycles. The molecule has 1 unspecified atom stereocenters. The second-order valence-corrected chi connectivity index (χ2v) is 7.11. The van der Waals surface area contributed by atoms with Crippen molar-refractivity contribution in [2.24, 2.45) is 17.3 Å². The highest BCUT2D eigenvalue weighted by atomic mass is 16.3. The normalized spacial score (nSPS) is 15.0. The molecule has 1 aliphatic heterocycles. The summed E-state index contributed by atoms with van der Waals surface area (Å²) in [5, 5.41) is 22.9. The minimum absolute atomic E-state index is 0.0378. The van der Waals surface area contributed by atoms with E-state index in [0.29, 0.717) is 37.8 Å². The molecule has 0 aliphatic carbocycles. The minimum atomic E-state index is -0.799. The lowest BCUT2D eigenvalue weighted by molar-refractivity contribution is -0.133. The van der Waals surface area contributed by atoms with Crippen molar-refractivity contribution in [2.75, 3.05) is 6.54 Å². The molecule has 0 saturated heterocycles. The maximum absolute atomic E-state index is 12.9. The van der Waals surface area contributed by atoms with Gasteiger partial charge in [0.2, 0.25) is 5.91 Å². The van der Waals surface area contributed by atoms with Crippen LogP contribution in [0.5, 0.6) is 0 Å². The van der Waals surface area contributed by atoms with Crippen LogP contribution in [-0.4, -0.2) is 37.9 Å². The fraction of sp³-hybridized carbons (Fsp3) is 0.429. The SMILES string of the molecule is C#CCCC1(CCC(=O)N(Cc2ccccc2)CC(O)c2cnn(C)c2)N=N1. The van der Waals surface area contributed by atoms with Gasteiger partial charge in [0.25, 0.3) is 0 Å². The molecule has 1 N–H and O–H groups in total. The highest BCUT2D eigenvalue weighted by Gasteiger charge is 2.39. The van der Waals surface area contributed by atoms with Crippen LogP contribution in [-0.2, 0) is 18.4 Å². The molecule has 7 heteroatoms. The Bertz CT molecular complexity index is 862. The number of hydrogen-bond acceptors (Lipinski definition) is 5. The Morgan fingerprint density at radius 2 is 2.07 bits per heavy atom. The Hall–Kier alpha value is -2.98. The number of hydrogen-bond donors (Lipinski definition) is 1. The number of carbonyl (C=O) groups is 1. The van der Waals surface area contributed by atoms with Crippen molar-refractivity contribution >= 4 is 5.91 Å². The molecular weight excluding hydrogens is 354 g/mol. The number of aliphatic hydroxyl groups excluding tert-OH is 1. The van der Waals surface area contributed by atoms with Crippen LogP contribution in [0.3, 0.4) is 0 Å². The van der Waals surface area contributed by atoms with E-state index < -0.39 is 11.8 Å². The number of nitrogens with zero attached hydrogens (tertiary/aromatic N) is 5. The summed E-state index contributed by atoms with van der Waals surface area (Å²) in [6.07, 6.45) is 10.0. The largest absolute Gasteiger partial charge is 0.386 e. The molecule has 0 fully saturated rings. The van der Waals surface area contributed by atoms with E-state index in [1.807, 2.05) is 30.3 Å². The summed E-state index contributed by atoms with van der Waals surface area (Å²) in [4.78, 5) is 14.6. The molecule has 2 aromatic rings. The molecule has 1 amide bonds. The zero-order valence-corrected chi connectivity index (χ0v) is 16.0. The van der Waals surface area contributed by atoms with Crippen molar-refractivity contribution in [2.45, 2.75) is 44.0 Å². The summed E-state index contributed by atoms with van der Waals surface area (Å²) >= 11 is 0. The third-order valence-electron chi connectivity index (χ3n) is 4.86. The van der Waals surface area contributed by atoms with Crippen LogP contribution in [0.4, 0.5) is 0 Å². The van der Waals surface area contributed by atoms with E-state index in [1.54, 1.807) is 29.0 Å². The van der Waals surface area contributed by atoms with E-state index >= 15 is 0 Å². The molecule has 0 saturated carbocycles. The third-order valence-corrected chi connectivity index (χ3v) is 4.86. The lowest BCUT2D eigenvalue weighted by Crippen LogP contribution is -2.35. The van der Waals surface area contributed by atoms with Gasteiger partial charge in [-0.2, -0.15) is 15.3 Å². The van der Waals surface area contributed by atoms with Gasteiger partial charge >= 0.3 is 0 Å². The molecule has 0 spiro atoms. The standard InChI is InChI=1S/C21H25N5O2/c1-3-4-11-21(23-24-21)12-10-20(28)26(14-17-8-6-5-7-9-17)16-19(27)18-13-22-25(2)15-18/h1,5-9,13,15,19,27H,4,10-12,14,16H2,2H3. The Kier molecular flexibility index (Phi) is 6.22. The summed E-state index contributed by atoms with van der Waals surface area (Å²) < 4.78 is 1.63. The van der Waals surface area contributed by atoms with Gasteiger partial charge in [0.15, 0.2) is 5.66 Å². The highest BCUT2D eigenvalue weighted by Crippen LogP contribution is 2.37. The number of amides is 1. The van der Waals surface area contributed by atoms with Gasteiger partial charge in [0, 0.05) is 51.0 Å². The van der Waals surface area contributed by atoms with Crippen molar-refractivity contribution in [1.29, 1.82) is 0 Å². The smallest absolute Gasteiger partial charge is 0.223 e. The Labute approximate surface area is 165 Å². The third kappa shape index (κ3) is 5.27. The number of aryl methyl sites for hydroxylation is 1. The number of terminal acetylenes is 1. The quantitative estimate of drug-likeness (QED) is 0.644. The van der Waals surface area contributed by atoms with E-state index in [-0.39, 0.29) is 12.5 Å². The van der Waals surface area contributed by atoms with Gasteiger partial charge in [-0.1, -0.05) is 30.3 Å². The molecule has 0 radical (unpaired) electrons. The van der Waals surface area contributed by atoms with Crippen LogP contribution >= 0.6 is 0 Å². The molecule has 3 rings (SSSR count). The topological polar surface area (TPSA) is 83.1 Å². The maximum Gasteiger partial charge on any atom is 0.223 e. The zero-order chi connectivity index (χ0) is 20.0. The van der Waals surface area contributed by atoms with Crippen molar-refractivity contribution < 1.29 is 9.90 Å². The Morgan fingerprint density at radius 3 is 2.68 bits per heavy atom. The first kappa shape index (κ1) is 19.8. The first-order valence-electron chi connectivity index (χ1n) is 9.37. The first-order chi connectivity index (χ1) is 13.5. The van der Waals surface area contributed by atoms with Crippen LogP contribution in [0.15, 0.2) is 53.0 Å². The van der Waals surface area contributed by atoms with Gasteiger partial charge in [-0.15, -0.1) is 12.3 Å². The fourth-order valence-corrected chi connectivity index (χ4v) is 3.12. The number of aromatic nitrogens is 2. The van der Waals surface area contributed by atoms with Crippen molar-refractivity contribution in [3.8, 4) is 12.3 Å². The van der Waals surface area contributed by atoms with Crippen LogP contribution in [0.25, 0.3) is 0 Å². The van der Waals surface area contributed by atoms with Gasteiger partial charge in [-0.05, 0) is 5.56 Å². The second kappa shape index (κ2) is 8.81. The van der Waals surface area contributed by atoms with Crippen LogP contribution < -0.4 is 0 Å². The van der Waals surface area contributed by atoms with E-state index in [2.05, 4.69) is 21.2 Å². The average Bonchev–Trinajstić information content (AvgIpc) is 3.35. The van der Waals surface area contributed by atoms with Gasteiger partial charge in [0.05, 0.1) is 18.8 Å². The lowest BCUT2D eigenvalue weighted by Gasteiger charge is -2.26. The highest BCUT2D eigenvalue weighted by molar-refractivity contribution is 5.76. The molecule has 7 nitrogen and oxygen atoms in total. The fourth-order valence-electron chi connectivity index (χ4n) is 3.12. The van der Waals surface area contributed by atoms with E-state index in [1.165, 1.54) is 0 Å². The van der Waals surface area contributed by atoms with Crippen LogP contribution in [0.1, 0.15) is 42.9 Å². The molecule has 146 valence electrons. The molecule has 1 atom stereocenters. The van der Waals surface area contributed by atoms with Crippen LogP contribution in [0, 0.1) is 12.3 Å². The summed E-state index contributed by atoms with van der Waals surface area (Å²) in [7, 11) is 1.79. The number of aliphatic hydroxyl groups is 1. The Morgan fingerprint density at radius 1 is 1.32 bits per heavy atom. The zero-order valence-electron chi connectivity index (χ0n) is 16.0. The van der Waals surface area contributed by atoms with Gasteiger partial charge in [-0.25, -0.2) is 0 Å². The number of benzene rings is 1. The molecule has 28 heavy (non-hydrogen) atoms. The number of rotatable bonds is 10. The van der Waals surface area contributed by atoms with E-state index in [0.717, 1.165) is 5.56 Å². The minimum Gasteiger partial charge on any atom is -0.386 e. The van der Waals surface area contributed by atoms with Crippen molar-refractivity contribution in [3.05, 3.63) is 53.9 Å². The predicted octanol–water partition coefficient (Wildman–Crippen LogP) is 2.84. The van der Waals surface area contributed by atoms with Gasteiger partial charge in [0.1, 0.15) is 0 Å². The molecule has 0 bridgehead atoms. The predicted molar refractivity (Wildman–Crippen MR) is 105 cm³/mol. The van der Waals surface area contributed by atoms with E-state index in [4.69, 9.17) is 6.42 Å². The lowest BCUT2D eigenvalue weighted by atomic mass is 10.0. The van der Waals surface area contributed by atoms with Crippen LogP contribution in [0.2, 0.25) is 0 Å². The monoisotopic (exact) mass is 379 g/mol. The van der Waals surface area contributed by atoms with E-state index in [9.17, 15) is 9.90 Å². The summed E-state index contributed by atoms with van der Waals surface area (Å²) in [6.45, 7) is 0.633. The summed E-state index contributed by atoms with van der Waals surface area (Å²) in [5.41, 5.74) is 1.21. The Balaban J connectivity index is 1.64. The van der Waals surface area contributed by atoms with Crippen molar-refractivity contribution in [1.82, 2.24) is 14.7 Å². The molecule has 1 aliphatic rings. The van der Waals surface area contributed by atoms with Gasteiger partial charge < -0.3 is 10.0 Å². The number of carbonyl (C=O) groups excluding carboxylic acids is 1. The van der Waals surface area contributed by atoms with Crippen molar-refractivity contribution in [3.63, 3.8) is 0 Å². The second-order valence-electron chi connectivity index (χ2n) is 7.11. The summed E-state index contributed by atoms with van der Waals surface area (Å²) in [6, 6.07) is 9.75. The molecule has 1 aromatic carbocycles. The maximum atomic E-state index is 12.9. The molecule has 2 heterocycles. The average molecular weight is 379 g/mol. The molecular formula is C21H25N5O2. The first-order valence-corrected chi connectivity index (χ1v) is 9.37. The van der Waals surface area contributed by atoms with Gasteiger partial charge in [-0.3, -0.25) is 9.48 Å².